The molecule has 0 spiro atoms. The molecule has 0 saturated heterocycles. The van der Waals surface area contributed by atoms with Crippen molar-refractivity contribution in [2.45, 2.75) is 52.4 Å². The minimum absolute atomic E-state index is 0.0857. The summed E-state index contributed by atoms with van der Waals surface area (Å²) in [5, 5.41) is 40.0. The number of carboxylic acids is 4. The molecule has 0 bridgehead atoms. The molecule has 0 aliphatic rings. The maximum absolute atomic E-state index is 10.1. The Morgan fingerprint density at radius 1 is 0.629 bits per heavy atom. The zero-order chi connectivity index (χ0) is 26.6. The molecule has 0 saturated carbocycles. The summed E-state index contributed by atoms with van der Waals surface area (Å²) in [5.41, 5.74) is 0. The molecule has 35 heavy (non-hydrogen) atoms. The second-order valence-electron chi connectivity index (χ2n) is 8.12. The molecule has 0 aliphatic heterocycles. The van der Waals surface area contributed by atoms with Crippen molar-refractivity contribution in [2.24, 2.45) is 11.8 Å². The van der Waals surface area contributed by atoms with E-state index in [1.54, 1.807) is 7.16 Å². The number of carboxylic acid groups (broad SMARTS) is 4. The van der Waals surface area contributed by atoms with E-state index in [1.165, 1.54) is 13.8 Å². The van der Waals surface area contributed by atoms with Crippen molar-refractivity contribution < 1.29 is 39.6 Å². The van der Waals surface area contributed by atoms with E-state index in [4.69, 9.17) is 0 Å². The number of rotatable bonds is 12. The molecule has 2 aromatic carbocycles. The molecule has 4 radical (unpaired) electrons. The van der Waals surface area contributed by atoms with Crippen molar-refractivity contribution in [3.63, 3.8) is 0 Å². The number of aliphatic carboxylic acids is 4. The molecule has 0 fully saturated rings. The van der Waals surface area contributed by atoms with Gasteiger partial charge in [-0.2, -0.15) is 0 Å². The average molecular weight is 591 g/mol. The van der Waals surface area contributed by atoms with Gasteiger partial charge < -0.3 is 39.6 Å². The van der Waals surface area contributed by atoms with Gasteiger partial charge in [-0.3, -0.25) is 0 Å². The summed E-state index contributed by atoms with van der Waals surface area (Å²) >= 11 is -0.881. The van der Waals surface area contributed by atoms with Crippen LogP contribution in [-0.2, 0) is 19.2 Å². The van der Waals surface area contributed by atoms with Gasteiger partial charge in [-0.1, -0.05) is 13.8 Å². The van der Waals surface area contributed by atoms with Crippen molar-refractivity contribution in [2.75, 3.05) is 0 Å². The van der Waals surface area contributed by atoms with Gasteiger partial charge in [-0.25, -0.2) is 0 Å². The van der Waals surface area contributed by atoms with E-state index >= 15 is 0 Å². The van der Waals surface area contributed by atoms with Gasteiger partial charge >= 0.3 is 89.0 Å². The van der Waals surface area contributed by atoms with Crippen molar-refractivity contribution >= 4 is 52.2 Å². The fourth-order valence-electron chi connectivity index (χ4n) is 2.77. The molecular formula is C26H32O8Sn. The van der Waals surface area contributed by atoms with Crippen LogP contribution in [-0.4, -0.2) is 45.0 Å². The summed E-state index contributed by atoms with van der Waals surface area (Å²) in [5.74, 6) is -5.71. The van der Waals surface area contributed by atoms with E-state index in [-0.39, 0.29) is 12.8 Å². The fourth-order valence-corrected chi connectivity index (χ4v) is 7.01. The summed E-state index contributed by atoms with van der Waals surface area (Å²) in [4.78, 5) is 40.0. The van der Waals surface area contributed by atoms with E-state index in [2.05, 4.69) is 60.7 Å². The van der Waals surface area contributed by atoms with Gasteiger partial charge in [0, 0.05) is 23.9 Å². The van der Waals surface area contributed by atoms with E-state index in [0.29, 0.717) is 25.7 Å². The normalized spacial score (nSPS) is 11.5. The third kappa shape index (κ3) is 19.2. The van der Waals surface area contributed by atoms with Crippen molar-refractivity contribution in [3.8, 4) is 0 Å². The van der Waals surface area contributed by atoms with Crippen LogP contribution < -0.4 is 27.6 Å². The Morgan fingerprint density at radius 2 is 0.943 bits per heavy atom. The number of hydrogen-bond donors (Lipinski definition) is 0. The average Bonchev–Trinajstić information content (AvgIpc) is 2.80. The molecule has 2 rings (SSSR count). The Hall–Kier alpha value is -2.88. The molecule has 2 aromatic rings. The molecule has 0 amide bonds. The molecule has 0 N–H and O–H groups in total. The number of hydrogen-bond acceptors (Lipinski definition) is 8. The van der Waals surface area contributed by atoms with Gasteiger partial charge in [-0.05, 0) is 50.4 Å². The van der Waals surface area contributed by atoms with Crippen LogP contribution in [0, 0.1) is 11.8 Å². The van der Waals surface area contributed by atoms with Crippen molar-refractivity contribution in [3.05, 3.63) is 60.7 Å². The molecule has 8 nitrogen and oxygen atoms in total. The van der Waals surface area contributed by atoms with Crippen LogP contribution in [0.2, 0.25) is 0 Å². The predicted octanol–water partition coefficient (Wildman–Crippen LogP) is -2.61. The number of carbonyl (C=O) groups excluding carboxylic acids is 4. The monoisotopic (exact) mass is 592 g/mol. The second kappa shape index (κ2) is 19.4. The molecule has 9 heteroatoms. The van der Waals surface area contributed by atoms with Crippen LogP contribution in [0.15, 0.2) is 60.7 Å². The van der Waals surface area contributed by atoms with Gasteiger partial charge in [-0.15, -0.1) is 0 Å². The van der Waals surface area contributed by atoms with Gasteiger partial charge in [0.1, 0.15) is 0 Å². The van der Waals surface area contributed by atoms with Crippen LogP contribution in [0.25, 0.3) is 0 Å². The summed E-state index contributed by atoms with van der Waals surface area (Å²) in [6.07, 6.45) is 1.15. The quantitative estimate of drug-likeness (QED) is 0.243. The first kappa shape index (κ1) is 32.1. The SMILES string of the molecule is CC(CCCC(=O)[O-])C(=O)[O-].CC(CCCC(=O)[O-])C(=O)[O-].c1cc[c]([SnH2+4][c]2ccccc2)cc1. The molecule has 2 unspecified atom stereocenters. The van der Waals surface area contributed by atoms with Crippen LogP contribution in [0.3, 0.4) is 0 Å². The first-order chi connectivity index (χ1) is 16.5. The summed E-state index contributed by atoms with van der Waals surface area (Å²) in [7, 11) is 0. The van der Waals surface area contributed by atoms with Crippen molar-refractivity contribution in [1.29, 1.82) is 0 Å². The molecular weight excluding hydrogens is 559 g/mol. The first-order valence-corrected chi connectivity index (χ1v) is 15.5. The van der Waals surface area contributed by atoms with E-state index < -0.39 is 56.9 Å². The predicted molar refractivity (Wildman–Crippen MR) is 127 cm³/mol. The fraction of sp³-hybridized carbons (Fsp3) is 0.385. The zero-order valence-electron chi connectivity index (χ0n) is 20.1. The van der Waals surface area contributed by atoms with E-state index in [1.807, 2.05) is 0 Å². The van der Waals surface area contributed by atoms with Crippen LogP contribution >= 0.6 is 0 Å². The Labute approximate surface area is 216 Å². The standard InChI is InChI=1S/2C7H12O4.2C6H5.Sn.2H/c2*1-5(7(10)11)3-2-4-6(8)9;2*1-2-4-6-5-3-1;;;/h2*5H,2-4H2,1H3,(H,8,9)(H,10,11);2*1-5H;;;/q;;;;+4;;/p-4. The summed E-state index contributed by atoms with van der Waals surface area (Å²) in [6, 6.07) is 21.7. The molecule has 188 valence electrons. The van der Waals surface area contributed by atoms with Crippen molar-refractivity contribution in [1.82, 2.24) is 0 Å². The number of carbonyl (C=O) groups is 4. The first-order valence-electron chi connectivity index (χ1n) is 11.4. The van der Waals surface area contributed by atoms with E-state index in [9.17, 15) is 39.6 Å². The summed E-state index contributed by atoms with van der Waals surface area (Å²) in [6.45, 7) is 2.98. The van der Waals surface area contributed by atoms with Crippen LogP contribution in [0.1, 0.15) is 52.4 Å². The summed E-state index contributed by atoms with van der Waals surface area (Å²) < 4.78 is 3.16. The van der Waals surface area contributed by atoms with Crippen LogP contribution in [0.5, 0.6) is 0 Å². The van der Waals surface area contributed by atoms with Crippen LogP contribution in [0.4, 0.5) is 0 Å². The Morgan fingerprint density at radius 3 is 1.20 bits per heavy atom. The van der Waals surface area contributed by atoms with E-state index in [0.717, 1.165) is 0 Å². The topological polar surface area (TPSA) is 161 Å². The van der Waals surface area contributed by atoms with Gasteiger partial charge in [0.25, 0.3) is 0 Å². The van der Waals surface area contributed by atoms with Gasteiger partial charge in [0.2, 0.25) is 0 Å². The third-order valence-corrected chi connectivity index (χ3v) is 9.96. The zero-order valence-corrected chi connectivity index (χ0v) is 24.2. The maximum atomic E-state index is 10.1. The molecule has 2 atom stereocenters. The Balaban J connectivity index is 0.000000500. The Kier molecular flexibility index (Phi) is 17.8. The Bertz CT molecular complexity index is 813. The second-order valence-corrected chi connectivity index (χ2v) is 13.8. The van der Waals surface area contributed by atoms with Gasteiger partial charge in [0.15, 0.2) is 0 Å². The molecule has 0 aromatic heterocycles. The third-order valence-electron chi connectivity index (χ3n) is 4.93. The molecule has 0 heterocycles. The minimum atomic E-state index is -1.14. The van der Waals surface area contributed by atoms with Gasteiger partial charge in [0.05, 0.1) is 0 Å². The molecule has 0 aliphatic carbocycles. The number of benzene rings is 2.